The van der Waals surface area contributed by atoms with E-state index < -0.39 is 5.82 Å². The van der Waals surface area contributed by atoms with Crippen molar-refractivity contribution in [3.8, 4) is 11.3 Å². The van der Waals surface area contributed by atoms with Crippen molar-refractivity contribution in [2.75, 3.05) is 0 Å². The van der Waals surface area contributed by atoms with E-state index in [0.717, 1.165) is 0 Å². The van der Waals surface area contributed by atoms with E-state index in [1.165, 1.54) is 24.3 Å². The molecule has 0 aliphatic carbocycles. The van der Waals surface area contributed by atoms with Gasteiger partial charge in [0.2, 0.25) is 0 Å². The highest BCUT2D eigenvalue weighted by molar-refractivity contribution is 6.30. The number of hydrogen-bond donors (Lipinski definition) is 1. The Morgan fingerprint density at radius 3 is 2.81 bits per heavy atom. The van der Waals surface area contributed by atoms with Crippen molar-refractivity contribution in [3.63, 3.8) is 0 Å². The molecule has 0 aliphatic rings. The first-order chi connectivity index (χ1) is 7.56. The molecule has 1 N–H and O–H groups in total. The predicted octanol–water partition coefficient (Wildman–Crippen LogP) is 2.54. The molecule has 3 nitrogen and oxygen atoms in total. The van der Waals surface area contributed by atoms with Gasteiger partial charge in [-0.05, 0) is 25.1 Å². The van der Waals surface area contributed by atoms with Gasteiger partial charge in [0.15, 0.2) is 0 Å². The van der Waals surface area contributed by atoms with Crippen LogP contribution >= 0.6 is 11.6 Å². The molecule has 0 amide bonds. The lowest BCUT2D eigenvalue weighted by molar-refractivity contribution is 0.630. The fraction of sp³-hybridized carbons (Fsp3) is 0.0909. The van der Waals surface area contributed by atoms with E-state index >= 15 is 0 Å². The number of nitrogens with one attached hydrogen (secondary N) is 1. The van der Waals surface area contributed by atoms with Crippen LogP contribution in [0.4, 0.5) is 4.39 Å². The van der Waals surface area contributed by atoms with Gasteiger partial charge in [0.25, 0.3) is 5.56 Å². The summed E-state index contributed by atoms with van der Waals surface area (Å²) in [6, 6.07) is 5.37. The number of rotatable bonds is 1. The lowest BCUT2D eigenvalue weighted by atomic mass is 10.1. The summed E-state index contributed by atoms with van der Waals surface area (Å²) in [5.41, 5.74) is 0.185. The van der Waals surface area contributed by atoms with Crippen LogP contribution in [0.15, 0.2) is 29.1 Å². The summed E-state index contributed by atoms with van der Waals surface area (Å²) >= 11 is 5.77. The van der Waals surface area contributed by atoms with Gasteiger partial charge in [0, 0.05) is 16.7 Å². The summed E-state index contributed by atoms with van der Waals surface area (Å²) in [7, 11) is 0. The molecule has 0 atom stereocenters. The summed E-state index contributed by atoms with van der Waals surface area (Å²) in [6.45, 7) is 1.63. The second-order valence-corrected chi connectivity index (χ2v) is 3.78. The first-order valence-electron chi connectivity index (χ1n) is 4.59. The second kappa shape index (κ2) is 4.06. The fourth-order valence-corrected chi connectivity index (χ4v) is 1.58. The zero-order valence-electron chi connectivity index (χ0n) is 8.42. The molecule has 0 fully saturated rings. The van der Waals surface area contributed by atoms with Crippen molar-refractivity contribution in [2.45, 2.75) is 6.92 Å². The summed E-state index contributed by atoms with van der Waals surface area (Å²) in [5.74, 6) is -0.0243. The van der Waals surface area contributed by atoms with Crippen molar-refractivity contribution >= 4 is 11.6 Å². The van der Waals surface area contributed by atoms with Crippen molar-refractivity contribution in [1.82, 2.24) is 9.97 Å². The average Bonchev–Trinajstić information content (AvgIpc) is 2.20. The van der Waals surface area contributed by atoms with Gasteiger partial charge in [-0.25, -0.2) is 9.37 Å². The smallest absolute Gasteiger partial charge is 0.251 e. The number of aryl methyl sites for hydroxylation is 1. The molecule has 0 saturated heterocycles. The quantitative estimate of drug-likeness (QED) is 0.830. The lowest BCUT2D eigenvalue weighted by Crippen LogP contribution is -2.08. The SMILES string of the molecule is Cc1nc(-c2cc(Cl)ccc2F)cc(=O)[nH]1. The molecule has 1 heterocycles. The third kappa shape index (κ3) is 2.12. The molecule has 0 spiro atoms. The van der Waals surface area contributed by atoms with Crippen LogP contribution in [0.2, 0.25) is 5.02 Å². The molecular formula is C11H8ClFN2O. The number of nitrogens with zero attached hydrogens (tertiary/aromatic N) is 1. The summed E-state index contributed by atoms with van der Waals surface area (Å²) < 4.78 is 13.5. The molecule has 1 aromatic carbocycles. The maximum atomic E-state index is 13.5. The number of halogens is 2. The molecule has 0 saturated carbocycles. The van der Waals surface area contributed by atoms with Gasteiger partial charge >= 0.3 is 0 Å². The fourth-order valence-electron chi connectivity index (χ4n) is 1.41. The number of aromatic amines is 1. The van der Waals surface area contributed by atoms with Crippen LogP contribution in [-0.4, -0.2) is 9.97 Å². The Labute approximate surface area is 95.9 Å². The van der Waals surface area contributed by atoms with Gasteiger partial charge in [-0.3, -0.25) is 4.79 Å². The highest BCUT2D eigenvalue weighted by Gasteiger charge is 2.08. The van der Waals surface area contributed by atoms with Crippen LogP contribution in [0.25, 0.3) is 11.3 Å². The molecule has 2 aromatic rings. The van der Waals surface area contributed by atoms with E-state index in [9.17, 15) is 9.18 Å². The molecule has 1 aromatic heterocycles. The minimum atomic E-state index is -0.457. The Kier molecular flexibility index (Phi) is 2.75. The third-order valence-electron chi connectivity index (χ3n) is 2.06. The van der Waals surface area contributed by atoms with Gasteiger partial charge in [-0.2, -0.15) is 0 Å². The highest BCUT2D eigenvalue weighted by Crippen LogP contribution is 2.23. The largest absolute Gasteiger partial charge is 0.311 e. The summed E-state index contributed by atoms with van der Waals surface area (Å²) in [4.78, 5) is 17.8. The Bertz CT molecular complexity index is 595. The monoisotopic (exact) mass is 238 g/mol. The molecule has 0 radical (unpaired) electrons. The zero-order valence-corrected chi connectivity index (χ0v) is 9.18. The molecule has 2 rings (SSSR count). The minimum Gasteiger partial charge on any atom is -0.311 e. The van der Waals surface area contributed by atoms with E-state index in [0.29, 0.717) is 10.8 Å². The van der Waals surface area contributed by atoms with Crippen LogP contribution in [-0.2, 0) is 0 Å². The van der Waals surface area contributed by atoms with Crippen LogP contribution in [0, 0.1) is 12.7 Å². The second-order valence-electron chi connectivity index (χ2n) is 3.34. The number of aromatic nitrogens is 2. The molecule has 82 valence electrons. The minimum absolute atomic E-state index is 0.224. The highest BCUT2D eigenvalue weighted by atomic mass is 35.5. The first-order valence-corrected chi connectivity index (χ1v) is 4.97. The van der Waals surface area contributed by atoms with Crippen LogP contribution < -0.4 is 5.56 Å². The maximum absolute atomic E-state index is 13.5. The normalized spacial score (nSPS) is 10.4. The third-order valence-corrected chi connectivity index (χ3v) is 2.30. The van der Waals surface area contributed by atoms with E-state index in [2.05, 4.69) is 9.97 Å². The zero-order chi connectivity index (χ0) is 11.7. The van der Waals surface area contributed by atoms with Crippen LogP contribution in [0.5, 0.6) is 0 Å². The van der Waals surface area contributed by atoms with Gasteiger partial charge in [-0.15, -0.1) is 0 Å². The molecule has 0 bridgehead atoms. The predicted molar refractivity (Wildman–Crippen MR) is 60.0 cm³/mol. The summed E-state index contributed by atoms with van der Waals surface area (Å²) in [6.07, 6.45) is 0. The Balaban J connectivity index is 2.66. The topological polar surface area (TPSA) is 45.8 Å². The molecule has 16 heavy (non-hydrogen) atoms. The standard InChI is InChI=1S/C11H8ClFN2O/c1-6-14-10(5-11(16)15-6)8-4-7(12)2-3-9(8)13/h2-5H,1H3,(H,14,15,16). The number of hydrogen-bond acceptors (Lipinski definition) is 2. The van der Waals surface area contributed by atoms with Gasteiger partial charge in [0.1, 0.15) is 11.6 Å². The van der Waals surface area contributed by atoms with Crippen molar-refractivity contribution in [1.29, 1.82) is 0 Å². The van der Waals surface area contributed by atoms with E-state index in [4.69, 9.17) is 11.6 Å². The van der Waals surface area contributed by atoms with Crippen molar-refractivity contribution in [3.05, 3.63) is 51.3 Å². The van der Waals surface area contributed by atoms with E-state index in [-0.39, 0.29) is 16.8 Å². The first kappa shape index (κ1) is 10.8. The Morgan fingerprint density at radius 2 is 2.12 bits per heavy atom. The van der Waals surface area contributed by atoms with Crippen LogP contribution in [0.3, 0.4) is 0 Å². The maximum Gasteiger partial charge on any atom is 0.251 e. The molecular weight excluding hydrogens is 231 g/mol. The molecule has 5 heteroatoms. The van der Waals surface area contributed by atoms with Gasteiger partial charge in [-0.1, -0.05) is 11.6 Å². The Hall–Kier alpha value is -1.68. The molecule has 0 aliphatic heterocycles. The van der Waals surface area contributed by atoms with Gasteiger partial charge in [0.05, 0.1) is 5.69 Å². The van der Waals surface area contributed by atoms with E-state index in [1.54, 1.807) is 6.92 Å². The number of benzene rings is 1. The van der Waals surface area contributed by atoms with Gasteiger partial charge < -0.3 is 4.98 Å². The summed E-state index contributed by atoms with van der Waals surface area (Å²) in [5, 5.41) is 0.399. The average molecular weight is 239 g/mol. The molecule has 0 unspecified atom stereocenters. The van der Waals surface area contributed by atoms with E-state index in [1.807, 2.05) is 0 Å². The Morgan fingerprint density at radius 1 is 1.38 bits per heavy atom. The number of H-pyrrole nitrogens is 1. The van der Waals surface area contributed by atoms with Crippen LogP contribution in [0.1, 0.15) is 5.82 Å². The lowest BCUT2D eigenvalue weighted by Gasteiger charge is -2.03. The van der Waals surface area contributed by atoms with Crippen molar-refractivity contribution < 1.29 is 4.39 Å². The van der Waals surface area contributed by atoms with Crippen molar-refractivity contribution in [2.24, 2.45) is 0 Å².